The second kappa shape index (κ2) is 10.2. The molecule has 0 unspecified atom stereocenters. The third-order valence-corrected chi connectivity index (χ3v) is 7.02. The van der Waals surface area contributed by atoms with E-state index in [0.717, 1.165) is 5.56 Å². The zero-order valence-electron chi connectivity index (χ0n) is 18.6. The summed E-state index contributed by atoms with van der Waals surface area (Å²) < 4.78 is 34.0. The fourth-order valence-electron chi connectivity index (χ4n) is 3.55. The molecule has 0 radical (unpaired) electrons. The molecule has 1 N–H and O–H groups in total. The van der Waals surface area contributed by atoms with Crippen LogP contribution in [-0.2, 0) is 16.6 Å². The highest BCUT2D eigenvalue weighted by molar-refractivity contribution is 7.92. The number of ether oxygens (including phenoxy) is 1. The van der Waals surface area contributed by atoms with Crippen molar-refractivity contribution in [2.75, 3.05) is 16.7 Å². The second-order valence-corrected chi connectivity index (χ2v) is 9.38. The molecule has 1 amide bonds. The highest BCUT2D eigenvalue weighted by Crippen LogP contribution is 2.30. The van der Waals surface area contributed by atoms with Crippen molar-refractivity contribution >= 4 is 27.3 Å². The van der Waals surface area contributed by atoms with Gasteiger partial charge in [0.25, 0.3) is 15.9 Å². The normalized spacial score (nSPS) is 11.0. The van der Waals surface area contributed by atoms with Gasteiger partial charge in [-0.2, -0.15) is 0 Å². The van der Waals surface area contributed by atoms with Crippen LogP contribution in [0.5, 0.6) is 5.75 Å². The summed E-state index contributed by atoms with van der Waals surface area (Å²) in [5.74, 6) is 0.175. The van der Waals surface area contributed by atoms with Crippen molar-refractivity contribution in [2.45, 2.75) is 11.4 Å². The van der Waals surface area contributed by atoms with Gasteiger partial charge in [0.05, 0.1) is 29.8 Å². The van der Waals surface area contributed by atoms with Crippen molar-refractivity contribution < 1.29 is 17.9 Å². The van der Waals surface area contributed by atoms with Gasteiger partial charge in [-0.1, -0.05) is 66.7 Å². The molecule has 0 saturated heterocycles. The number of hydrogen-bond donors (Lipinski definition) is 1. The first-order chi connectivity index (χ1) is 16.5. The molecule has 0 fully saturated rings. The first-order valence-corrected chi connectivity index (χ1v) is 12.1. The Balaban J connectivity index is 1.77. The number of methoxy groups -OCH3 is 1. The Kier molecular flexibility index (Phi) is 6.94. The van der Waals surface area contributed by atoms with Crippen LogP contribution in [0.3, 0.4) is 0 Å². The summed E-state index contributed by atoms with van der Waals surface area (Å²) >= 11 is 0. The molecule has 0 aliphatic carbocycles. The summed E-state index contributed by atoms with van der Waals surface area (Å²) in [5, 5.41) is 2.84. The molecule has 4 aromatic carbocycles. The van der Waals surface area contributed by atoms with Gasteiger partial charge in [0.15, 0.2) is 0 Å². The highest BCUT2D eigenvalue weighted by atomic mass is 32.2. The van der Waals surface area contributed by atoms with E-state index < -0.39 is 15.9 Å². The van der Waals surface area contributed by atoms with Crippen LogP contribution in [0, 0.1) is 0 Å². The summed E-state index contributed by atoms with van der Waals surface area (Å²) in [6.07, 6.45) is 0. The summed E-state index contributed by atoms with van der Waals surface area (Å²) in [7, 11) is -2.41. The number of carbonyl (C=O) groups is 1. The van der Waals surface area contributed by atoms with Gasteiger partial charge in [-0.25, -0.2) is 8.42 Å². The maximum Gasteiger partial charge on any atom is 0.264 e. The lowest BCUT2D eigenvalue weighted by molar-refractivity contribution is 0.102. The number of nitrogens with one attached hydrogen (secondary N) is 1. The molecule has 7 heteroatoms. The van der Waals surface area contributed by atoms with Gasteiger partial charge in [-0.15, -0.1) is 0 Å². The van der Waals surface area contributed by atoms with Crippen molar-refractivity contribution in [2.24, 2.45) is 0 Å². The fourth-order valence-corrected chi connectivity index (χ4v) is 5.04. The molecule has 4 aromatic rings. The van der Waals surface area contributed by atoms with E-state index in [-0.39, 0.29) is 22.7 Å². The Bertz CT molecular complexity index is 1370. The van der Waals surface area contributed by atoms with Crippen molar-refractivity contribution in [3.8, 4) is 5.75 Å². The van der Waals surface area contributed by atoms with Gasteiger partial charge in [0.1, 0.15) is 5.75 Å². The molecule has 0 spiro atoms. The molecule has 172 valence electrons. The molecule has 0 heterocycles. The minimum absolute atomic E-state index is 0.0710. The molecule has 0 bridgehead atoms. The number of anilines is 2. The number of para-hydroxylation sites is 1. The number of benzene rings is 4. The average molecular weight is 473 g/mol. The van der Waals surface area contributed by atoms with Crippen LogP contribution in [-0.4, -0.2) is 21.4 Å². The topological polar surface area (TPSA) is 75.7 Å². The predicted molar refractivity (Wildman–Crippen MR) is 134 cm³/mol. The van der Waals surface area contributed by atoms with Crippen molar-refractivity contribution in [1.82, 2.24) is 0 Å². The maximum absolute atomic E-state index is 13.7. The SMILES string of the molecule is COc1cccc(NC(=O)c2ccccc2N(Cc2ccccc2)S(=O)(=O)c2ccccc2)c1. The smallest absolute Gasteiger partial charge is 0.264 e. The summed E-state index contributed by atoms with van der Waals surface area (Å²) in [4.78, 5) is 13.4. The van der Waals surface area contributed by atoms with Crippen LogP contribution in [0.4, 0.5) is 11.4 Å². The van der Waals surface area contributed by atoms with Crippen LogP contribution in [0.25, 0.3) is 0 Å². The zero-order valence-corrected chi connectivity index (χ0v) is 19.4. The van der Waals surface area contributed by atoms with E-state index in [9.17, 15) is 13.2 Å². The number of carbonyl (C=O) groups excluding carboxylic acids is 1. The lowest BCUT2D eigenvalue weighted by Crippen LogP contribution is -2.32. The van der Waals surface area contributed by atoms with E-state index in [4.69, 9.17) is 4.74 Å². The summed E-state index contributed by atoms with van der Waals surface area (Å²) in [6, 6.07) is 31.2. The largest absolute Gasteiger partial charge is 0.497 e. The van der Waals surface area contributed by atoms with E-state index in [1.807, 2.05) is 30.3 Å². The lowest BCUT2D eigenvalue weighted by atomic mass is 10.1. The van der Waals surface area contributed by atoms with E-state index in [1.54, 1.807) is 86.0 Å². The molecule has 6 nitrogen and oxygen atoms in total. The van der Waals surface area contributed by atoms with Gasteiger partial charge in [-0.3, -0.25) is 9.10 Å². The van der Waals surface area contributed by atoms with E-state index >= 15 is 0 Å². The number of sulfonamides is 1. The molecule has 0 aliphatic heterocycles. The molecular weight excluding hydrogens is 448 g/mol. The molecule has 34 heavy (non-hydrogen) atoms. The zero-order chi connectivity index (χ0) is 24.0. The van der Waals surface area contributed by atoms with Crippen LogP contribution < -0.4 is 14.4 Å². The Morgan fingerprint density at radius 2 is 1.47 bits per heavy atom. The Hall–Kier alpha value is -4.10. The summed E-state index contributed by atoms with van der Waals surface area (Å²) in [6.45, 7) is 0.0710. The minimum atomic E-state index is -3.96. The number of amides is 1. The number of nitrogens with zero attached hydrogens (tertiary/aromatic N) is 1. The first-order valence-electron chi connectivity index (χ1n) is 10.7. The lowest BCUT2D eigenvalue weighted by Gasteiger charge is -2.26. The third-order valence-electron chi connectivity index (χ3n) is 5.25. The Labute approximate surface area is 199 Å². The highest BCUT2D eigenvalue weighted by Gasteiger charge is 2.28. The standard InChI is InChI=1S/C27H24N2O4S/c1-33-23-14-10-13-22(19-23)28-27(30)25-17-8-9-18-26(25)29(20-21-11-4-2-5-12-21)34(31,32)24-15-6-3-7-16-24/h2-19H,20H2,1H3,(H,28,30). The number of rotatable bonds is 8. The first kappa shape index (κ1) is 23.1. The van der Waals surface area contributed by atoms with Crippen LogP contribution in [0.1, 0.15) is 15.9 Å². The molecule has 0 saturated carbocycles. The van der Waals surface area contributed by atoms with Gasteiger partial charge < -0.3 is 10.1 Å². The second-order valence-electron chi connectivity index (χ2n) is 7.51. The summed E-state index contributed by atoms with van der Waals surface area (Å²) in [5.41, 5.74) is 1.86. The third kappa shape index (κ3) is 5.10. The molecule has 0 aliphatic rings. The molecule has 4 rings (SSSR count). The van der Waals surface area contributed by atoms with Crippen molar-refractivity contribution in [1.29, 1.82) is 0 Å². The van der Waals surface area contributed by atoms with E-state index in [1.165, 1.54) is 4.31 Å². The van der Waals surface area contributed by atoms with Crippen molar-refractivity contribution in [3.63, 3.8) is 0 Å². The molecular formula is C27H24N2O4S. The van der Waals surface area contributed by atoms with Gasteiger partial charge in [0, 0.05) is 11.8 Å². The van der Waals surface area contributed by atoms with Crippen LogP contribution in [0.2, 0.25) is 0 Å². The van der Waals surface area contributed by atoms with E-state index in [0.29, 0.717) is 11.4 Å². The van der Waals surface area contributed by atoms with Crippen LogP contribution >= 0.6 is 0 Å². The quantitative estimate of drug-likeness (QED) is 0.375. The number of hydrogen-bond acceptors (Lipinski definition) is 4. The van der Waals surface area contributed by atoms with Gasteiger partial charge in [-0.05, 0) is 42.0 Å². The van der Waals surface area contributed by atoms with Gasteiger partial charge >= 0.3 is 0 Å². The monoisotopic (exact) mass is 472 g/mol. The average Bonchev–Trinajstić information content (AvgIpc) is 2.88. The molecule has 0 atom stereocenters. The van der Waals surface area contributed by atoms with Gasteiger partial charge in [0.2, 0.25) is 0 Å². The fraction of sp³-hybridized carbons (Fsp3) is 0.0741. The van der Waals surface area contributed by atoms with Crippen molar-refractivity contribution in [3.05, 3.63) is 120 Å². The minimum Gasteiger partial charge on any atom is -0.497 e. The Morgan fingerprint density at radius 1 is 0.824 bits per heavy atom. The maximum atomic E-state index is 13.7. The van der Waals surface area contributed by atoms with Crippen LogP contribution in [0.15, 0.2) is 114 Å². The van der Waals surface area contributed by atoms with E-state index in [2.05, 4.69) is 5.32 Å². The Morgan fingerprint density at radius 3 is 2.18 bits per heavy atom. The predicted octanol–water partition coefficient (Wildman–Crippen LogP) is 5.34. The molecule has 0 aromatic heterocycles.